The molecule has 0 unspecified atom stereocenters. The van der Waals surface area contributed by atoms with Gasteiger partial charge in [-0.2, -0.15) is 0 Å². The van der Waals surface area contributed by atoms with Gasteiger partial charge in [-0.05, 0) is 60.4 Å². The van der Waals surface area contributed by atoms with Crippen LogP contribution in [0.15, 0.2) is 77.4 Å². The first-order valence-corrected chi connectivity index (χ1v) is 13.9. The summed E-state index contributed by atoms with van der Waals surface area (Å²) in [6.07, 6.45) is 1.84. The Hall–Kier alpha value is -3.39. The predicted octanol–water partition coefficient (Wildman–Crippen LogP) is 6.79. The van der Waals surface area contributed by atoms with Gasteiger partial charge in [0.1, 0.15) is 11.5 Å². The Morgan fingerprint density at radius 1 is 1.05 bits per heavy atom. The van der Waals surface area contributed by atoms with Crippen molar-refractivity contribution < 1.29 is 9.90 Å². The van der Waals surface area contributed by atoms with Crippen molar-refractivity contribution in [1.29, 1.82) is 0 Å². The van der Waals surface area contributed by atoms with E-state index in [0.29, 0.717) is 34.1 Å². The number of fused-ring (bicyclic) bond motifs is 1. The van der Waals surface area contributed by atoms with E-state index in [0.717, 1.165) is 33.7 Å². The van der Waals surface area contributed by atoms with Gasteiger partial charge in [-0.15, -0.1) is 0 Å². The summed E-state index contributed by atoms with van der Waals surface area (Å²) in [5, 5.41) is 10.9. The van der Waals surface area contributed by atoms with Crippen molar-refractivity contribution in [3.8, 4) is 0 Å². The molecule has 1 aromatic heterocycles. The van der Waals surface area contributed by atoms with Gasteiger partial charge in [0.05, 0.1) is 29.1 Å². The van der Waals surface area contributed by atoms with Gasteiger partial charge >= 0.3 is 0 Å². The first-order valence-electron chi connectivity index (χ1n) is 12.5. The van der Waals surface area contributed by atoms with E-state index in [9.17, 15) is 9.90 Å². The Balaban J connectivity index is 1.48. The second kappa shape index (κ2) is 11.2. The van der Waals surface area contributed by atoms with Crippen LogP contribution < -0.4 is 4.90 Å². The van der Waals surface area contributed by atoms with E-state index in [1.54, 1.807) is 11.0 Å². The maximum atomic E-state index is 13.6. The molecule has 4 aromatic rings. The number of aliphatic hydroxyl groups is 1. The number of carbonyl (C=O) groups excluding carboxylic acids is 1. The number of imidazole rings is 1. The standard InChI is InChI=1S/C30H29ClN4O2S/c1-19(2)22-8-6-21(7-9-22)16-26-29(37)35(24-11-4-20(3)5-12-24)30(33-26)38-18-28-32-25-13-10-23(31)17-27(25)34(28)14-15-36/h4-13,16-17,19,36H,14-15,18H2,1-3H3/b26-16-. The quantitative estimate of drug-likeness (QED) is 0.260. The van der Waals surface area contributed by atoms with Gasteiger partial charge in [0.2, 0.25) is 0 Å². The summed E-state index contributed by atoms with van der Waals surface area (Å²) in [6.45, 7) is 6.71. The van der Waals surface area contributed by atoms with Gasteiger partial charge < -0.3 is 9.67 Å². The third-order valence-electron chi connectivity index (χ3n) is 6.47. The lowest BCUT2D eigenvalue weighted by atomic mass is 10.0. The number of halogens is 1. The summed E-state index contributed by atoms with van der Waals surface area (Å²) in [4.78, 5) is 24.8. The highest BCUT2D eigenvalue weighted by Crippen LogP contribution is 2.32. The first kappa shape index (κ1) is 26.2. The second-order valence-electron chi connectivity index (χ2n) is 9.55. The molecule has 6 nitrogen and oxygen atoms in total. The second-order valence-corrected chi connectivity index (χ2v) is 10.9. The van der Waals surface area contributed by atoms with Crippen LogP contribution in [0.1, 0.15) is 42.3 Å². The van der Waals surface area contributed by atoms with Crippen molar-refractivity contribution in [3.63, 3.8) is 0 Å². The molecule has 1 N–H and O–H groups in total. The molecule has 38 heavy (non-hydrogen) atoms. The summed E-state index contributed by atoms with van der Waals surface area (Å²) >= 11 is 7.67. The molecule has 1 aliphatic rings. The van der Waals surface area contributed by atoms with Crippen LogP contribution in [-0.2, 0) is 17.1 Å². The summed E-state index contributed by atoms with van der Waals surface area (Å²) in [5.41, 5.74) is 6.12. The van der Waals surface area contributed by atoms with Crippen molar-refractivity contribution >= 4 is 57.2 Å². The molecule has 0 atom stereocenters. The highest BCUT2D eigenvalue weighted by molar-refractivity contribution is 8.13. The number of aliphatic imine (C=N–C) groups is 1. The number of rotatable bonds is 7. The zero-order chi connectivity index (χ0) is 26.8. The number of thioether (sulfide) groups is 1. The fraction of sp³-hybridized carbons (Fsp3) is 0.233. The van der Waals surface area contributed by atoms with E-state index in [1.165, 1.54) is 17.3 Å². The van der Waals surface area contributed by atoms with Gasteiger partial charge in [-0.1, -0.05) is 79.2 Å². The molecular formula is C30H29ClN4O2S. The van der Waals surface area contributed by atoms with Crippen molar-refractivity contribution in [2.75, 3.05) is 11.5 Å². The van der Waals surface area contributed by atoms with Gasteiger partial charge in [0, 0.05) is 11.6 Å². The predicted molar refractivity (Wildman–Crippen MR) is 158 cm³/mol. The van der Waals surface area contributed by atoms with Crippen molar-refractivity contribution in [2.45, 2.75) is 39.0 Å². The van der Waals surface area contributed by atoms with E-state index in [2.05, 4.69) is 26.0 Å². The maximum absolute atomic E-state index is 13.6. The van der Waals surface area contributed by atoms with Crippen LogP contribution in [0.4, 0.5) is 5.69 Å². The topological polar surface area (TPSA) is 70.7 Å². The molecule has 1 amide bonds. The van der Waals surface area contributed by atoms with Crippen LogP contribution in [-0.4, -0.2) is 32.3 Å². The van der Waals surface area contributed by atoms with Crippen molar-refractivity contribution in [1.82, 2.24) is 9.55 Å². The van der Waals surface area contributed by atoms with Crippen LogP contribution in [0.25, 0.3) is 17.1 Å². The minimum atomic E-state index is -0.167. The lowest BCUT2D eigenvalue weighted by molar-refractivity contribution is -0.113. The molecule has 0 saturated carbocycles. The number of hydrogen-bond donors (Lipinski definition) is 1. The number of benzene rings is 3. The number of aliphatic hydroxyl groups excluding tert-OH is 1. The minimum absolute atomic E-state index is 0.0208. The fourth-order valence-corrected chi connectivity index (χ4v) is 5.51. The minimum Gasteiger partial charge on any atom is -0.395 e. The Morgan fingerprint density at radius 2 is 1.79 bits per heavy atom. The molecule has 194 valence electrons. The number of carbonyl (C=O) groups is 1. The summed E-state index contributed by atoms with van der Waals surface area (Å²) in [5.74, 6) is 1.52. The monoisotopic (exact) mass is 544 g/mol. The van der Waals surface area contributed by atoms with Gasteiger partial charge in [-0.3, -0.25) is 9.69 Å². The number of amidine groups is 1. The molecule has 1 aliphatic heterocycles. The largest absolute Gasteiger partial charge is 0.395 e. The zero-order valence-corrected chi connectivity index (χ0v) is 23.1. The lowest BCUT2D eigenvalue weighted by Crippen LogP contribution is -2.30. The Bertz CT molecular complexity index is 1540. The number of amides is 1. The highest BCUT2D eigenvalue weighted by Gasteiger charge is 2.32. The van der Waals surface area contributed by atoms with E-state index in [-0.39, 0.29) is 12.5 Å². The number of anilines is 1. The third-order valence-corrected chi connectivity index (χ3v) is 7.64. The molecule has 8 heteroatoms. The molecule has 0 fully saturated rings. The first-order chi connectivity index (χ1) is 18.3. The Morgan fingerprint density at radius 3 is 2.47 bits per heavy atom. The summed E-state index contributed by atoms with van der Waals surface area (Å²) in [7, 11) is 0. The lowest BCUT2D eigenvalue weighted by Gasteiger charge is -2.18. The van der Waals surface area contributed by atoms with E-state index >= 15 is 0 Å². The molecular weight excluding hydrogens is 516 g/mol. The van der Waals surface area contributed by atoms with Gasteiger partial charge in [0.25, 0.3) is 5.91 Å². The molecule has 0 bridgehead atoms. The van der Waals surface area contributed by atoms with E-state index in [4.69, 9.17) is 21.6 Å². The van der Waals surface area contributed by atoms with E-state index < -0.39 is 0 Å². The van der Waals surface area contributed by atoms with Crippen LogP contribution in [0, 0.1) is 6.92 Å². The molecule has 0 saturated heterocycles. The fourth-order valence-electron chi connectivity index (χ4n) is 4.38. The average molecular weight is 545 g/mol. The molecule has 0 aliphatic carbocycles. The summed E-state index contributed by atoms with van der Waals surface area (Å²) < 4.78 is 1.97. The Labute approximate surface area is 231 Å². The van der Waals surface area contributed by atoms with Crippen LogP contribution >= 0.6 is 23.4 Å². The van der Waals surface area contributed by atoms with Crippen LogP contribution in [0.2, 0.25) is 5.02 Å². The molecule has 5 rings (SSSR count). The number of aryl methyl sites for hydroxylation is 1. The number of aromatic nitrogens is 2. The maximum Gasteiger partial charge on any atom is 0.283 e. The van der Waals surface area contributed by atoms with E-state index in [1.807, 2.05) is 66.1 Å². The van der Waals surface area contributed by atoms with Gasteiger partial charge in [0.15, 0.2) is 5.17 Å². The highest BCUT2D eigenvalue weighted by atomic mass is 35.5. The molecule has 0 radical (unpaired) electrons. The normalized spacial score (nSPS) is 14.8. The summed E-state index contributed by atoms with van der Waals surface area (Å²) in [6, 6.07) is 21.6. The third kappa shape index (κ3) is 5.41. The van der Waals surface area contributed by atoms with Crippen LogP contribution in [0.5, 0.6) is 0 Å². The molecule has 0 spiro atoms. The average Bonchev–Trinajstić information content (AvgIpc) is 3.40. The molecule has 3 aromatic carbocycles. The number of nitrogens with zero attached hydrogens (tertiary/aromatic N) is 4. The van der Waals surface area contributed by atoms with Gasteiger partial charge in [-0.25, -0.2) is 9.98 Å². The zero-order valence-electron chi connectivity index (χ0n) is 21.6. The van der Waals surface area contributed by atoms with Crippen molar-refractivity contribution in [3.05, 3.63) is 100.0 Å². The van der Waals surface area contributed by atoms with Crippen LogP contribution in [0.3, 0.4) is 0 Å². The van der Waals surface area contributed by atoms with Crippen molar-refractivity contribution in [2.24, 2.45) is 4.99 Å². The Kier molecular flexibility index (Phi) is 7.70. The SMILES string of the molecule is Cc1ccc(N2C(=O)/C(=C/c3ccc(C(C)C)cc3)N=C2SCc2nc3ccc(Cl)cc3n2CCO)cc1. The number of hydrogen-bond acceptors (Lipinski definition) is 5. The smallest absolute Gasteiger partial charge is 0.283 e. The molecule has 2 heterocycles.